The quantitative estimate of drug-likeness (QED) is 0.234. The fraction of sp³-hybridized carbons (Fsp3) is 0.760. The van der Waals surface area contributed by atoms with Crippen molar-refractivity contribution in [2.75, 3.05) is 25.6 Å². The fourth-order valence-corrected chi connectivity index (χ4v) is 6.46. The normalized spacial score (nSPS) is 23.4. The van der Waals surface area contributed by atoms with Gasteiger partial charge in [-0.05, 0) is 34.1 Å². The maximum Gasteiger partial charge on any atom is 0.259 e. The fourth-order valence-electron chi connectivity index (χ4n) is 3.99. The summed E-state index contributed by atoms with van der Waals surface area (Å²) in [4.78, 5) is 25.2. The minimum atomic E-state index is -1.36. The first kappa shape index (κ1) is 31.2. The summed E-state index contributed by atoms with van der Waals surface area (Å²) in [5.41, 5.74) is 0. The molecule has 2 rings (SSSR count). The summed E-state index contributed by atoms with van der Waals surface area (Å²) >= 11 is 1.31. The summed E-state index contributed by atoms with van der Waals surface area (Å²) in [6.07, 6.45) is 4.06. The van der Waals surface area contributed by atoms with Gasteiger partial charge in [-0.25, -0.2) is 4.67 Å². The highest BCUT2D eigenvalue weighted by atomic mass is 32.2. The second kappa shape index (κ2) is 15.4. The second-order valence-electron chi connectivity index (χ2n) is 9.65. The number of amides is 1. The summed E-state index contributed by atoms with van der Waals surface area (Å²) < 4.78 is 27.2. The lowest BCUT2D eigenvalue weighted by atomic mass is 10.1. The van der Waals surface area contributed by atoms with Gasteiger partial charge in [-0.1, -0.05) is 39.1 Å². The molecule has 1 saturated heterocycles. The topological polar surface area (TPSA) is 89.6 Å². The number of thioether (sulfide) groups is 1. The van der Waals surface area contributed by atoms with Gasteiger partial charge in [0.25, 0.3) is 14.4 Å². The van der Waals surface area contributed by atoms with E-state index in [2.05, 4.69) is 51.2 Å². The van der Waals surface area contributed by atoms with Gasteiger partial charge in [0, 0.05) is 42.5 Å². The molecule has 2 aliphatic rings. The van der Waals surface area contributed by atoms with E-state index in [1.165, 1.54) is 17.8 Å². The number of hydrogen-bond acceptors (Lipinski definition) is 9. The molecule has 9 nitrogen and oxygen atoms in total. The van der Waals surface area contributed by atoms with Crippen LogP contribution in [0, 0.1) is 5.92 Å². The zero-order valence-corrected chi connectivity index (χ0v) is 24.5. The third-order valence-electron chi connectivity index (χ3n) is 5.70. The van der Waals surface area contributed by atoms with Crippen molar-refractivity contribution in [3.05, 3.63) is 24.7 Å². The molecule has 0 radical (unpaired) electrons. The Balaban J connectivity index is 1.96. The standard InChI is InChI=1S/C25H44N3O6PS/c1-9-21-22(16-24(33-21)27-11-10-23(29)26-20(27)8)34-35(28(18(4)5)19(6)7)32-13-12-31-14-15-36-25(30)17(2)3/h10-11,17-19,21-22,24H,8-9,12-16H2,1-7H3,(H,26,29)/t21-,22?,24-,35?/m1/s1. The number of nitrogens with zero attached hydrogens (tertiary/aromatic N) is 2. The SMILES string of the molecule is C=C1NC(=O)C=CN1[C@H]1CC(OP(OCCOCCSC(=O)C(C)C)N(C(C)C)C(C)C)[C@@H](CC)O1. The van der Waals surface area contributed by atoms with Crippen LogP contribution >= 0.6 is 20.3 Å². The maximum absolute atomic E-state index is 11.7. The molecule has 1 fully saturated rings. The maximum atomic E-state index is 11.7. The van der Waals surface area contributed by atoms with E-state index in [0.29, 0.717) is 37.8 Å². The van der Waals surface area contributed by atoms with E-state index >= 15 is 0 Å². The molecule has 2 aliphatic heterocycles. The minimum absolute atomic E-state index is 0.0333. The molecule has 1 amide bonds. The molecule has 0 aromatic heterocycles. The Kier molecular flexibility index (Phi) is 13.4. The van der Waals surface area contributed by atoms with Crippen LogP contribution in [0.4, 0.5) is 0 Å². The predicted molar refractivity (Wildman–Crippen MR) is 145 cm³/mol. The molecule has 4 atom stereocenters. The summed E-state index contributed by atoms with van der Waals surface area (Å²) in [5.74, 6) is 0.980. The molecule has 0 spiro atoms. The summed E-state index contributed by atoms with van der Waals surface area (Å²) in [6.45, 7) is 19.7. The molecule has 0 saturated carbocycles. The minimum Gasteiger partial charge on any atom is -0.378 e. The van der Waals surface area contributed by atoms with E-state index in [4.69, 9.17) is 18.5 Å². The van der Waals surface area contributed by atoms with Crippen molar-refractivity contribution < 1.29 is 28.1 Å². The predicted octanol–water partition coefficient (Wildman–Crippen LogP) is 4.61. The van der Waals surface area contributed by atoms with Gasteiger partial charge in [-0.2, -0.15) is 0 Å². The summed E-state index contributed by atoms with van der Waals surface area (Å²) in [7, 11) is -1.36. The van der Waals surface area contributed by atoms with Crippen molar-refractivity contribution in [2.45, 2.75) is 91.8 Å². The molecule has 2 heterocycles. The van der Waals surface area contributed by atoms with Gasteiger partial charge >= 0.3 is 0 Å². The Morgan fingerprint density at radius 2 is 1.94 bits per heavy atom. The number of ether oxygens (including phenoxy) is 2. The van der Waals surface area contributed by atoms with E-state index < -0.39 is 8.53 Å². The van der Waals surface area contributed by atoms with Crippen LogP contribution in [-0.4, -0.2) is 76.7 Å². The van der Waals surface area contributed by atoms with Gasteiger partial charge in [0.05, 0.1) is 32.0 Å². The molecule has 1 N–H and O–H groups in total. The lowest BCUT2D eigenvalue weighted by molar-refractivity contribution is -0.117. The molecule has 0 aliphatic carbocycles. The van der Waals surface area contributed by atoms with Gasteiger partial charge in [0.15, 0.2) is 5.12 Å². The van der Waals surface area contributed by atoms with Crippen LogP contribution in [0.5, 0.6) is 0 Å². The van der Waals surface area contributed by atoms with Crippen molar-refractivity contribution in [3.8, 4) is 0 Å². The van der Waals surface area contributed by atoms with Crippen LogP contribution in [-0.2, 0) is 28.1 Å². The van der Waals surface area contributed by atoms with Crippen molar-refractivity contribution in [1.29, 1.82) is 0 Å². The Hall–Kier alpha value is -1.00. The Morgan fingerprint density at radius 3 is 2.53 bits per heavy atom. The van der Waals surface area contributed by atoms with Gasteiger partial charge in [-0.15, -0.1) is 0 Å². The number of carbonyl (C=O) groups excluding carboxylic acids is 2. The number of carbonyl (C=O) groups is 2. The largest absolute Gasteiger partial charge is 0.378 e. The molecule has 11 heteroatoms. The van der Waals surface area contributed by atoms with Crippen LogP contribution in [0.2, 0.25) is 0 Å². The first-order chi connectivity index (χ1) is 17.0. The number of nitrogens with one attached hydrogen (secondary N) is 1. The lowest BCUT2D eigenvalue weighted by Gasteiger charge is -2.37. The van der Waals surface area contributed by atoms with E-state index in [-0.39, 0.29) is 47.5 Å². The molecular weight excluding hydrogens is 501 g/mol. The zero-order chi connectivity index (χ0) is 26.8. The van der Waals surface area contributed by atoms with Crippen LogP contribution in [0.3, 0.4) is 0 Å². The highest BCUT2D eigenvalue weighted by Crippen LogP contribution is 2.49. The summed E-state index contributed by atoms with van der Waals surface area (Å²) in [5, 5.41) is 2.91. The zero-order valence-electron chi connectivity index (χ0n) is 22.8. The average molecular weight is 546 g/mol. The van der Waals surface area contributed by atoms with Gasteiger partial charge in [-0.3, -0.25) is 9.59 Å². The second-order valence-corrected chi connectivity index (χ2v) is 12.2. The average Bonchev–Trinajstić information content (AvgIpc) is 3.19. The van der Waals surface area contributed by atoms with E-state index in [9.17, 15) is 9.59 Å². The van der Waals surface area contributed by atoms with Crippen LogP contribution < -0.4 is 5.32 Å². The highest BCUT2D eigenvalue weighted by molar-refractivity contribution is 8.13. The highest BCUT2D eigenvalue weighted by Gasteiger charge is 2.42. The smallest absolute Gasteiger partial charge is 0.259 e. The Morgan fingerprint density at radius 1 is 1.25 bits per heavy atom. The molecule has 0 aromatic carbocycles. The lowest BCUT2D eigenvalue weighted by Crippen LogP contribution is -2.40. The van der Waals surface area contributed by atoms with Gasteiger partial charge in [0.2, 0.25) is 0 Å². The Bertz CT molecular complexity index is 758. The van der Waals surface area contributed by atoms with Crippen molar-refractivity contribution in [2.24, 2.45) is 5.92 Å². The number of rotatable bonds is 15. The monoisotopic (exact) mass is 545 g/mol. The van der Waals surface area contributed by atoms with Crippen LogP contribution in [0.1, 0.15) is 61.3 Å². The van der Waals surface area contributed by atoms with Crippen LogP contribution in [0.25, 0.3) is 0 Å². The van der Waals surface area contributed by atoms with Gasteiger partial charge < -0.3 is 28.7 Å². The molecule has 2 unspecified atom stereocenters. The number of hydrogen-bond donors (Lipinski definition) is 1. The van der Waals surface area contributed by atoms with E-state index in [0.717, 1.165) is 6.42 Å². The van der Waals surface area contributed by atoms with Crippen molar-refractivity contribution in [3.63, 3.8) is 0 Å². The summed E-state index contributed by atoms with van der Waals surface area (Å²) in [6, 6.07) is 0.461. The molecule has 0 bridgehead atoms. The van der Waals surface area contributed by atoms with Crippen molar-refractivity contribution in [1.82, 2.24) is 14.9 Å². The van der Waals surface area contributed by atoms with E-state index in [1.54, 1.807) is 6.20 Å². The molecule has 206 valence electrons. The van der Waals surface area contributed by atoms with Crippen LogP contribution in [0.15, 0.2) is 24.7 Å². The molecule has 36 heavy (non-hydrogen) atoms. The van der Waals surface area contributed by atoms with E-state index in [1.807, 2.05) is 18.7 Å². The first-order valence-electron chi connectivity index (χ1n) is 12.8. The first-order valence-corrected chi connectivity index (χ1v) is 14.9. The van der Waals surface area contributed by atoms with Crippen molar-refractivity contribution >= 4 is 31.3 Å². The third-order valence-corrected chi connectivity index (χ3v) is 8.99. The Labute approximate surface area is 222 Å². The molecule has 0 aromatic rings. The third kappa shape index (κ3) is 9.39. The molecular formula is C25H44N3O6PS. The van der Waals surface area contributed by atoms with Gasteiger partial charge in [0.1, 0.15) is 12.0 Å².